The molecule has 1 aromatic heterocycles. The van der Waals surface area contributed by atoms with E-state index in [1.165, 1.54) is 7.11 Å². The number of hydrogen-bond donors (Lipinski definition) is 0. The zero-order valence-corrected chi connectivity index (χ0v) is 15.0. The number of anilines is 1. The maximum atomic E-state index is 13.0. The van der Waals surface area contributed by atoms with Gasteiger partial charge in [0.15, 0.2) is 5.78 Å². The highest BCUT2D eigenvalue weighted by molar-refractivity contribution is 6.00. The molecule has 1 fully saturated rings. The largest absolute Gasteiger partial charge is 0.496 e. The van der Waals surface area contributed by atoms with Crippen molar-refractivity contribution in [1.29, 1.82) is 0 Å². The van der Waals surface area contributed by atoms with Crippen LogP contribution in [-0.4, -0.2) is 44.0 Å². The Bertz CT molecular complexity index is 806. The minimum atomic E-state index is -0.396. The molecule has 6 heteroatoms. The molecule has 2 heterocycles. The van der Waals surface area contributed by atoms with Crippen molar-refractivity contribution in [2.45, 2.75) is 12.8 Å². The van der Waals surface area contributed by atoms with E-state index in [4.69, 9.17) is 9.47 Å². The molecule has 0 bridgehead atoms. The molecule has 3 rings (SSSR count). The second kappa shape index (κ2) is 7.99. The first-order valence-corrected chi connectivity index (χ1v) is 8.60. The van der Waals surface area contributed by atoms with Crippen molar-refractivity contribution in [3.8, 4) is 5.75 Å². The van der Waals surface area contributed by atoms with Gasteiger partial charge >= 0.3 is 5.97 Å². The van der Waals surface area contributed by atoms with E-state index in [0.29, 0.717) is 29.2 Å². The number of carbonyl (C=O) groups is 2. The van der Waals surface area contributed by atoms with Gasteiger partial charge in [-0.05, 0) is 37.1 Å². The van der Waals surface area contributed by atoms with E-state index in [9.17, 15) is 9.59 Å². The van der Waals surface area contributed by atoms with E-state index in [-0.39, 0.29) is 11.7 Å². The summed E-state index contributed by atoms with van der Waals surface area (Å²) >= 11 is 0. The fraction of sp³-hybridized carbons (Fsp3) is 0.350. The Morgan fingerprint density at radius 2 is 2.00 bits per heavy atom. The van der Waals surface area contributed by atoms with Crippen molar-refractivity contribution in [2.75, 3.05) is 32.2 Å². The van der Waals surface area contributed by atoms with Gasteiger partial charge in [-0.25, -0.2) is 9.78 Å². The number of rotatable bonds is 5. The third-order valence-electron chi connectivity index (χ3n) is 4.66. The molecule has 1 saturated heterocycles. The van der Waals surface area contributed by atoms with Gasteiger partial charge in [0.05, 0.1) is 25.3 Å². The molecule has 1 aliphatic rings. The van der Waals surface area contributed by atoms with E-state index in [1.54, 1.807) is 37.6 Å². The number of Topliss-reactive ketones (excluding diaryl/α,β-unsaturated/α-hetero) is 1. The van der Waals surface area contributed by atoms with Crippen LogP contribution in [0.3, 0.4) is 0 Å². The molecule has 0 radical (unpaired) electrons. The van der Waals surface area contributed by atoms with Crippen molar-refractivity contribution in [1.82, 2.24) is 4.98 Å². The van der Waals surface area contributed by atoms with Gasteiger partial charge in [0.2, 0.25) is 0 Å². The normalized spacial score (nSPS) is 16.8. The molecule has 0 aliphatic carbocycles. The van der Waals surface area contributed by atoms with Crippen LogP contribution < -0.4 is 9.64 Å². The zero-order chi connectivity index (χ0) is 18.5. The zero-order valence-electron chi connectivity index (χ0n) is 15.0. The number of piperidine rings is 1. The number of esters is 1. The summed E-state index contributed by atoms with van der Waals surface area (Å²) in [5.74, 6) is 0.832. The lowest BCUT2D eigenvalue weighted by Gasteiger charge is -2.33. The number of aromatic nitrogens is 1. The first-order chi connectivity index (χ1) is 12.6. The molecule has 0 N–H and O–H groups in total. The average Bonchev–Trinajstić information content (AvgIpc) is 2.72. The Hall–Kier alpha value is -2.89. The second-order valence-electron chi connectivity index (χ2n) is 6.24. The summed E-state index contributed by atoms with van der Waals surface area (Å²) < 4.78 is 10.1. The standard InChI is InChI=1S/C20H22N2O4/c1-25-17-8-4-3-7-16(17)19(23)15-6-5-11-22(13-15)18-12-14(9-10-21-18)20(24)26-2/h3-4,7-10,12,15H,5-6,11,13H2,1-2H3/t15-/m1/s1. The molecule has 6 nitrogen and oxygen atoms in total. The first-order valence-electron chi connectivity index (χ1n) is 8.60. The number of methoxy groups -OCH3 is 2. The van der Waals surface area contributed by atoms with Crippen molar-refractivity contribution < 1.29 is 19.1 Å². The third kappa shape index (κ3) is 3.69. The minimum absolute atomic E-state index is 0.0799. The fourth-order valence-corrected chi connectivity index (χ4v) is 3.30. The number of nitrogens with zero attached hydrogens (tertiary/aromatic N) is 2. The summed E-state index contributed by atoms with van der Waals surface area (Å²) in [6.07, 6.45) is 3.30. The van der Waals surface area contributed by atoms with Crippen LogP contribution in [0.4, 0.5) is 5.82 Å². The predicted octanol–water partition coefficient (Wildman–Crippen LogP) is 2.98. The number of pyridine rings is 1. The quantitative estimate of drug-likeness (QED) is 0.607. The molecule has 1 atom stereocenters. The van der Waals surface area contributed by atoms with E-state index in [1.807, 2.05) is 17.0 Å². The Kier molecular flexibility index (Phi) is 5.51. The second-order valence-corrected chi connectivity index (χ2v) is 6.24. The van der Waals surface area contributed by atoms with Crippen LogP contribution in [0.25, 0.3) is 0 Å². The monoisotopic (exact) mass is 354 g/mol. The van der Waals surface area contributed by atoms with Crippen LogP contribution in [-0.2, 0) is 4.74 Å². The first kappa shape index (κ1) is 17.9. The van der Waals surface area contributed by atoms with Crippen molar-refractivity contribution in [3.63, 3.8) is 0 Å². The van der Waals surface area contributed by atoms with Gasteiger partial charge in [-0.2, -0.15) is 0 Å². The van der Waals surface area contributed by atoms with E-state index < -0.39 is 5.97 Å². The van der Waals surface area contributed by atoms with Gasteiger partial charge in [-0.3, -0.25) is 4.79 Å². The summed E-state index contributed by atoms with van der Waals surface area (Å²) in [4.78, 5) is 31.1. The number of carbonyl (C=O) groups excluding carboxylic acids is 2. The topological polar surface area (TPSA) is 68.7 Å². The predicted molar refractivity (Wildman–Crippen MR) is 97.8 cm³/mol. The lowest BCUT2D eigenvalue weighted by Crippen LogP contribution is -2.39. The molecule has 2 aromatic rings. The molecule has 26 heavy (non-hydrogen) atoms. The molecule has 0 saturated carbocycles. The van der Waals surface area contributed by atoms with Crippen molar-refractivity contribution >= 4 is 17.6 Å². The van der Waals surface area contributed by atoms with Crippen LogP contribution in [0.5, 0.6) is 5.75 Å². The third-order valence-corrected chi connectivity index (χ3v) is 4.66. The van der Waals surface area contributed by atoms with Gasteiger partial charge in [0.25, 0.3) is 0 Å². The van der Waals surface area contributed by atoms with Crippen LogP contribution in [0.2, 0.25) is 0 Å². The Morgan fingerprint density at radius 3 is 2.77 bits per heavy atom. The Balaban J connectivity index is 1.79. The van der Waals surface area contributed by atoms with Crippen molar-refractivity contribution in [2.24, 2.45) is 5.92 Å². The number of para-hydroxylation sites is 1. The molecule has 0 unspecified atom stereocenters. The van der Waals surface area contributed by atoms with Crippen LogP contribution >= 0.6 is 0 Å². The fourth-order valence-electron chi connectivity index (χ4n) is 3.30. The Labute approximate surface area is 152 Å². The summed E-state index contributed by atoms with van der Waals surface area (Å²) in [5, 5.41) is 0. The summed E-state index contributed by atoms with van der Waals surface area (Å²) in [6, 6.07) is 10.6. The van der Waals surface area contributed by atoms with Gasteiger partial charge in [-0.15, -0.1) is 0 Å². The van der Waals surface area contributed by atoms with Gasteiger partial charge in [0.1, 0.15) is 11.6 Å². The van der Waals surface area contributed by atoms with E-state index >= 15 is 0 Å². The highest BCUT2D eigenvalue weighted by atomic mass is 16.5. The van der Waals surface area contributed by atoms with Gasteiger partial charge in [0, 0.05) is 25.2 Å². The maximum Gasteiger partial charge on any atom is 0.338 e. The lowest BCUT2D eigenvalue weighted by atomic mass is 9.89. The smallest absolute Gasteiger partial charge is 0.338 e. The minimum Gasteiger partial charge on any atom is -0.496 e. The summed E-state index contributed by atoms with van der Waals surface area (Å²) in [5.41, 5.74) is 1.06. The average molecular weight is 354 g/mol. The molecule has 136 valence electrons. The molecule has 0 amide bonds. The van der Waals surface area contributed by atoms with Crippen molar-refractivity contribution in [3.05, 3.63) is 53.7 Å². The van der Waals surface area contributed by atoms with E-state index in [0.717, 1.165) is 19.4 Å². The Morgan fingerprint density at radius 1 is 1.19 bits per heavy atom. The summed E-state index contributed by atoms with van der Waals surface area (Å²) in [6.45, 7) is 1.36. The molecule has 1 aromatic carbocycles. The van der Waals surface area contributed by atoms with Gasteiger partial charge in [-0.1, -0.05) is 12.1 Å². The molecular weight excluding hydrogens is 332 g/mol. The number of ether oxygens (including phenoxy) is 2. The van der Waals surface area contributed by atoms with Crippen LogP contribution in [0.1, 0.15) is 33.6 Å². The molecule has 1 aliphatic heterocycles. The molecular formula is C20H22N2O4. The van der Waals surface area contributed by atoms with Crippen LogP contribution in [0.15, 0.2) is 42.6 Å². The highest BCUT2D eigenvalue weighted by Gasteiger charge is 2.29. The number of ketones is 1. The molecule has 0 spiro atoms. The highest BCUT2D eigenvalue weighted by Crippen LogP contribution is 2.28. The van der Waals surface area contributed by atoms with Crippen LogP contribution in [0, 0.1) is 5.92 Å². The maximum absolute atomic E-state index is 13.0. The summed E-state index contributed by atoms with van der Waals surface area (Å²) in [7, 11) is 2.92. The number of benzene rings is 1. The van der Waals surface area contributed by atoms with Gasteiger partial charge < -0.3 is 14.4 Å². The van der Waals surface area contributed by atoms with E-state index in [2.05, 4.69) is 4.98 Å². The number of hydrogen-bond acceptors (Lipinski definition) is 6. The SMILES string of the molecule is COC(=O)c1ccnc(N2CCC[C@@H](C(=O)c3ccccc3OC)C2)c1. The lowest BCUT2D eigenvalue weighted by molar-refractivity contribution is 0.0600.